The van der Waals surface area contributed by atoms with Gasteiger partial charge in [0.05, 0.1) is 0 Å². The van der Waals surface area contributed by atoms with Crippen molar-refractivity contribution in [2.45, 2.75) is 18.8 Å². The van der Waals surface area contributed by atoms with Gasteiger partial charge in [0.15, 0.2) is 0 Å². The average Bonchev–Trinajstić information content (AvgIpc) is 2.00. The largest absolute Gasteiger partial charge is 0.409 e. The average molecular weight is 268 g/mol. The highest BCUT2D eigenvalue weighted by Crippen LogP contribution is 2.83. The van der Waals surface area contributed by atoms with Gasteiger partial charge in [0.1, 0.15) is 0 Å². The van der Waals surface area contributed by atoms with Crippen LogP contribution in [0.15, 0.2) is 11.6 Å². The molecule has 0 saturated heterocycles. The molecule has 0 aromatic heterocycles. The molecule has 1 rings (SSSR count). The smallest absolute Gasteiger partial charge is 0.167 e. The van der Waals surface area contributed by atoms with Gasteiger partial charge in [-0.05, 0) is 13.1 Å². The highest BCUT2D eigenvalue weighted by Gasteiger charge is 2.55. The molecule has 0 spiro atoms. The predicted octanol–water partition coefficient (Wildman–Crippen LogP) is 4.86. The topological polar surface area (TPSA) is 0 Å². The van der Waals surface area contributed by atoms with Crippen molar-refractivity contribution in [1.82, 2.24) is 0 Å². The van der Waals surface area contributed by atoms with E-state index in [0.717, 1.165) is 0 Å². The molecule has 8 heteroatoms. The highest BCUT2D eigenvalue weighted by molar-refractivity contribution is 8.30. The maximum Gasteiger partial charge on any atom is 0.409 e. The van der Waals surface area contributed by atoms with Gasteiger partial charge in [0.25, 0.3) is 0 Å². The van der Waals surface area contributed by atoms with Gasteiger partial charge in [-0.2, -0.15) is 26.3 Å². The van der Waals surface area contributed by atoms with E-state index in [0.29, 0.717) is 5.57 Å². The summed E-state index contributed by atoms with van der Waals surface area (Å²) in [6.07, 6.45) is 0.351. The number of alkyl halides is 6. The van der Waals surface area contributed by atoms with Gasteiger partial charge in [0.2, 0.25) is 0 Å². The zero-order valence-corrected chi connectivity index (χ0v) is 9.44. The van der Waals surface area contributed by atoms with Crippen LogP contribution in [0.2, 0.25) is 0 Å². The zero-order valence-electron chi connectivity index (χ0n) is 7.65. The van der Waals surface area contributed by atoms with Crippen LogP contribution >= 0.6 is 15.2 Å². The van der Waals surface area contributed by atoms with E-state index >= 15 is 0 Å². The predicted molar refractivity (Wildman–Crippen MR) is 49.4 cm³/mol. The summed E-state index contributed by atoms with van der Waals surface area (Å²) in [5.41, 5.74) is 0.418. The van der Waals surface area contributed by atoms with Crippen molar-refractivity contribution in [2.75, 3.05) is 12.3 Å². The van der Waals surface area contributed by atoms with E-state index in [9.17, 15) is 26.3 Å². The molecule has 88 valence electrons. The quantitative estimate of drug-likeness (QED) is 0.334. The van der Waals surface area contributed by atoms with Crippen LogP contribution in [-0.2, 0) is 0 Å². The lowest BCUT2D eigenvalue weighted by atomic mass is 10.3. The molecule has 0 nitrogen and oxygen atoms in total. The summed E-state index contributed by atoms with van der Waals surface area (Å²) < 4.78 is 74.3. The van der Waals surface area contributed by atoms with Crippen LogP contribution in [0.3, 0.4) is 0 Å². The fraction of sp³-hybridized carbons (Fsp3) is 0.714. The van der Waals surface area contributed by atoms with Gasteiger partial charge in [-0.3, -0.25) is 0 Å². The third kappa shape index (κ3) is 3.32. The Bertz CT molecular complexity index is 266. The highest BCUT2D eigenvalue weighted by atomic mass is 32.1. The Morgan fingerprint density at radius 2 is 1.47 bits per heavy atom. The van der Waals surface area contributed by atoms with Crippen LogP contribution in [0, 0.1) is 0 Å². The summed E-state index contributed by atoms with van der Waals surface area (Å²) in [4.78, 5) is 0. The molecule has 2 unspecified atom stereocenters. The fourth-order valence-electron chi connectivity index (χ4n) is 1.19. The second-order valence-corrected chi connectivity index (χ2v) is 9.32. The van der Waals surface area contributed by atoms with E-state index in [-0.39, 0.29) is 0 Å². The SMILES string of the molecule is CC1=CCP(C(F)(F)F)P(C(F)(F)F)C1. The molecule has 1 aliphatic rings. The summed E-state index contributed by atoms with van der Waals surface area (Å²) in [5, 5.41) is 0. The maximum atomic E-state index is 12.4. The van der Waals surface area contributed by atoms with Gasteiger partial charge in [-0.15, -0.1) is 0 Å². The molecule has 1 aliphatic heterocycles. The standard InChI is InChI=1S/C7H8F6P2/c1-5-2-3-14(6(8,9)10)15(4-5)7(11,12)13/h2H,3-4H2,1H3. The first kappa shape index (κ1) is 13.2. The molecule has 0 aromatic rings. The zero-order chi connectivity index (χ0) is 11.9. The lowest BCUT2D eigenvalue weighted by Crippen LogP contribution is -2.17. The van der Waals surface area contributed by atoms with E-state index in [4.69, 9.17) is 0 Å². The lowest BCUT2D eigenvalue weighted by Gasteiger charge is -2.33. The number of rotatable bonds is 0. The van der Waals surface area contributed by atoms with E-state index in [1.54, 1.807) is 0 Å². The molecule has 0 radical (unpaired) electrons. The molecule has 0 fully saturated rings. The molecule has 0 amide bonds. The van der Waals surface area contributed by atoms with Crippen molar-refractivity contribution >= 4 is 15.2 Å². The van der Waals surface area contributed by atoms with Crippen molar-refractivity contribution < 1.29 is 26.3 Å². The summed E-state index contributed by atoms with van der Waals surface area (Å²) >= 11 is 0. The number of allylic oxidation sites excluding steroid dienone is 2. The number of hydrogen-bond donors (Lipinski definition) is 0. The Hall–Kier alpha value is 0.180. The molecule has 0 saturated carbocycles. The normalized spacial score (nSPS) is 28.9. The van der Waals surface area contributed by atoms with Crippen molar-refractivity contribution in [1.29, 1.82) is 0 Å². The Labute approximate surface area is 85.1 Å². The molecular formula is C7H8F6P2. The Morgan fingerprint density at radius 1 is 1.00 bits per heavy atom. The Morgan fingerprint density at radius 3 is 1.87 bits per heavy atom. The first-order chi connectivity index (χ1) is 6.62. The second kappa shape index (κ2) is 4.21. The van der Waals surface area contributed by atoms with Gasteiger partial charge in [-0.1, -0.05) is 11.6 Å². The van der Waals surface area contributed by atoms with Crippen LogP contribution in [0.5, 0.6) is 0 Å². The van der Waals surface area contributed by atoms with Crippen LogP contribution < -0.4 is 0 Å². The minimum atomic E-state index is -4.69. The molecule has 2 atom stereocenters. The van der Waals surface area contributed by atoms with Crippen LogP contribution in [-0.4, -0.2) is 24.2 Å². The molecule has 0 bridgehead atoms. The van der Waals surface area contributed by atoms with E-state index in [1.165, 1.54) is 13.0 Å². The van der Waals surface area contributed by atoms with Gasteiger partial charge < -0.3 is 0 Å². The van der Waals surface area contributed by atoms with Crippen molar-refractivity contribution in [3.8, 4) is 0 Å². The molecular weight excluding hydrogens is 260 g/mol. The van der Waals surface area contributed by atoms with E-state index < -0.39 is 39.4 Å². The maximum absolute atomic E-state index is 12.4. The monoisotopic (exact) mass is 268 g/mol. The number of hydrogen-bond acceptors (Lipinski definition) is 0. The molecule has 1 heterocycles. The van der Waals surface area contributed by atoms with Crippen molar-refractivity contribution in [3.63, 3.8) is 0 Å². The lowest BCUT2D eigenvalue weighted by molar-refractivity contribution is -0.0461. The van der Waals surface area contributed by atoms with Crippen LogP contribution in [0.4, 0.5) is 26.3 Å². The first-order valence-electron chi connectivity index (χ1n) is 3.96. The summed E-state index contributed by atoms with van der Waals surface area (Å²) in [6, 6.07) is 0. The minimum absolute atomic E-state index is 0.418. The molecule has 0 aliphatic carbocycles. The van der Waals surface area contributed by atoms with Crippen molar-refractivity contribution in [2.24, 2.45) is 0 Å². The van der Waals surface area contributed by atoms with Crippen LogP contribution in [0.1, 0.15) is 6.92 Å². The number of halogens is 6. The van der Waals surface area contributed by atoms with Gasteiger partial charge >= 0.3 is 11.8 Å². The minimum Gasteiger partial charge on any atom is -0.167 e. The van der Waals surface area contributed by atoms with Gasteiger partial charge in [-0.25, -0.2) is 0 Å². The third-order valence-corrected chi connectivity index (χ3v) is 8.99. The first-order valence-corrected chi connectivity index (χ1v) is 7.72. The van der Waals surface area contributed by atoms with E-state index in [1.807, 2.05) is 0 Å². The van der Waals surface area contributed by atoms with Gasteiger partial charge in [0, 0.05) is 21.4 Å². The van der Waals surface area contributed by atoms with E-state index in [2.05, 4.69) is 0 Å². The molecule has 15 heavy (non-hydrogen) atoms. The van der Waals surface area contributed by atoms with Crippen molar-refractivity contribution in [3.05, 3.63) is 11.6 Å². The van der Waals surface area contributed by atoms with Crippen LogP contribution in [0.25, 0.3) is 0 Å². The summed E-state index contributed by atoms with van der Waals surface area (Å²) in [5.74, 6) is -9.38. The fourth-order valence-corrected chi connectivity index (χ4v) is 7.24. The summed E-state index contributed by atoms with van der Waals surface area (Å²) in [7, 11) is -5.86. The second-order valence-electron chi connectivity index (χ2n) is 3.13. The summed E-state index contributed by atoms with van der Waals surface area (Å²) in [6.45, 7) is 1.45. The Balaban J connectivity index is 2.95. The third-order valence-electron chi connectivity index (χ3n) is 1.89. The Kier molecular flexibility index (Phi) is 3.72. The molecule has 0 N–H and O–H groups in total. The molecule has 0 aromatic carbocycles.